The Bertz CT molecular complexity index is 397. The largest absolute Gasteiger partial charge is 0.402 e. The predicted molar refractivity (Wildman–Crippen MR) is 63.6 cm³/mol. The molecule has 0 saturated heterocycles. The summed E-state index contributed by atoms with van der Waals surface area (Å²) in [4.78, 5) is 0. The Kier molecular flexibility index (Phi) is 4.77. The molecule has 2 rings (SSSR count). The zero-order chi connectivity index (χ0) is 13.9. The average Bonchev–Trinajstić information content (AvgIpc) is 2.97. The van der Waals surface area contributed by atoms with Crippen LogP contribution in [0.15, 0.2) is 0 Å². The van der Waals surface area contributed by atoms with Crippen molar-refractivity contribution in [1.82, 2.24) is 11.0 Å². The lowest BCUT2D eigenvalue weighted by Gasteiger charge is -2.31. The molecule has 2 saturated carbocycles. The van der Waals surface area contributed by atoms with Gasteiger partial charge in [-0.3, -0.25) is 0 Å². The molecule has 0 radical (unpaired) electrons. The lowest BCUT2D eigenvalue weighted by atomic mass is 10.1. The van der Waals surface area contributed by atoms with Crippen LogP contribution in [-0.4, -0.2) is 36.7 Å². The number of hydrogen-bond acceptors (Lipinski definition) is 8. The summed E-state index contributed by atoms with van der Waals surface area (Å²) in [5, 5.41) is 18.2. The molecule has 0 aromatic rings. The van der Waals surface area contributed by atoms with Crippen LogP contribution in [-0.2, 0) is 18.8 Å². The van der Waals surface area contributed by atoms with Crippen LogP contribution in [0.2, 0.25) is 0 Å². The number of hydrogen-bond donors (Lipinski definition) is 4. The molecule has 112 valence electrons. The van der Waals surface area contributed by atoms with Crippen LogP contribution in [0.4, 0.5) is 0 Å². The van der Waals surface area contributed by atoms with E-state index < -0.39 is 22.2 Å². The van der Waals surface area contributed by atoms with E-state index in [0.717, 1.165) is 12.8 Å². The monoisotopic (exact) mass is 296 g/mol. The van der Waals surface area contributed by atoms with Crippen LogP contribution in [0.1, 0.15) is 44.9 Å². The van der Waals surface area contributed by atoms with E-state index in [1.54, 1.807) is 0 Å². The van der Waals surface area contributed by atoms with Crippen molar-refractivity contribution in [2.45, 2.75) is 62.8 Å². The van der Waals surface area contributed by atoms with E-state index in [4.69, 9.17) is 13.6 Å². The number of hydroxylamine groups is 2. The molecule has 0 spiro atoms. The first-order chi connectivity index (χ1) is 9.01. The van der Waals surface area contributed by atoms with Gasteiger partial charge in [-0.1, -0.05) is 12.8 Å². The first kappa shape index (κ1) is 15.1. The minimum Gasteiger partial charge on any atom is -0.316 e. The van der Waals surface area contributed by atoms with E-state index in [-0.39, 0.29) is 12.5 Å². The van der Waals surface area contributed by atoms with Gasteiger partial charge in [-0.25, -0.2) is 8.37 Å². The van der Waals surface area contributed by atoms with Crippen molar-refractivity contribution in [2.24, 2.45) is 0 Å². The summed E-state index contributed by atoms with van der Waals surface area (Å²) in [6, 6.07) is -0.723. The third-order valence-corrected chi connectivity index (χ3v) is 4.77. The summed E-state index contributed by atoms with van der Waals surface area (Å²) < 4.78 is 33.7. The van der Waals surface area contributed by atoms with E-state index >= 15 is 0 Å². The number of nitrogens with one attached hydrogen (secondary N) is 2. The molecular formula is C10H20N2O6S. The quantitative estimate of drug-likeness (QED) is 0.411. The Labute approximate surface area is 112 Å². The highest BCUT2D eigenvalue weighted by atomic mass is 32.3. The topological polar surface area (TPSA) is 117 Å². The Morgan fingerprint density at radius 2 is 1.79 bits per heavy atom. The normalized spacial score (nSPS) is 33.1. The highest BCUT2D eigenvalue weighted by Crippen LogP contribution is 2.33. The highest BCUT2D eigenvalue weighted by Gasteiger charge is 2.48. The van der Waals surface area contributed by atoms with Crippen molar-refractivity contribution in [3.05, 3.63) is 0 Å². The van der Waals surface area contributed by atoms with Gasteiger partial charge in [0.05, 0.1) is 12.1 Å². The maximum absolute atomic E-state index is 11.9. The van der Waals surface area contributed by atoms with Gasteiger partial charge in [0.2, 0.25) is 0 Å². The van der Waals surface area contributed by atoms with Crippen LogP contribution >= 0.6 is 0 Å². The molecule has 2 fully saturated rings. The summed E-state index contributed by atoms with van der Waals surface area (Å²) in [5.74, 6) is 0. The van der Waals surface area contributed by atoms with Gasteiger partial charge in [-0.05, 0) is 32.1 Å². The van der Waals surface area contributed by atoms with Gasteiger partial charge in [0.25, 0.3) is 0 Å². The Balaban J connectivity index is 2.04. The van der Waals surface area contributed by atoms with E-state index in [2.05, 4.69) is 0 Å². The molecule has 9 heteroatoms. The molecule has 0 bridgehead atoms. The minimum atomic E-state index is -4.24. The summed E-state index contributed by atoms with van der Waals surface area (Å²) in [5.41, 5.74) is 2.23. The van der Waals surface area contributed by atoms with Crippen LogP contribution in [0.5, 0.6) is 0 Å². The van der Waals surface area contributed by atoms with Gasteiger partial charge >= 0.3 is 10.4 Å². The van der Waals surface area contributed by atoms with E-state index in [9.17, 15) is 13.6 Å². The summed E-state index contributed by atoms with van der Waals surface area (Å²) >= 11 is 0. The molecule has 2 aliphatic carbocycles. The molecule has 2 atom stereocenters. The first-order valence-corrected chi connectivity index (χ1v) is 7.79. The van der Waals surface area contributed by atoms with E-state index in [1.165, 1.54) is 0 Å². The molecule has 0 aromatic heterocycles. The Morgan fingerprint density at radius 3 is 2.37 bits per heavy atom. The first-order valence-electron chi connectivity index (χ1n) is 6.46. The van der Waals surface area contributed by atoms with Gasteiger partial charge in [-0.15, -0.1) is 0 Å². The van der Waals surface area contributed by atoms with Crippen LogP contribution in [0.25, 0.3) is 0 Å². The maximum Gasteiger partial charge on any atom is 0.402 e. The number of rotatable bonds is 6. The summed E-state index contributed by atoms with van der Waals surface area (Å²) in [7, 11) is -4.24. The molecule has 2 unspecified atom stereocenters. The fourth-order valence-electron chi connectivity index (χ4n) is 2.75. The van der Waals surface area contributed by atoms with Gasteiger partial charge in [0, 0.05) is 0 Å². The molecular weight excluding hydrogens is 276 g/mol. The second-order valence-corrected chi connectivity index (χ2v) is 6.25. The van der Waals surface area contributed by atoms with Crippen LogP contribution < -0.4 is 11.0 Å². The standard InChI is InChI=1S/C10H20N2O6S/c13-11-9-6-3-7-10(9,12-14)18-19(15,16)17-8-4-1-2-5-8/h8-9,11-14H,1-7H2. The summed E-state index contributed by atoms with van der Waals surface area (Å²) in [6.45, 7) is 0. The minimum absolute atomic E-state index is 0.245. The highest BCUT2D eigenvalue weighted by molar-refractivity contribution is 7.81. The molecule has 0 amide bonds. The maximum atomic E-state index is 11.9. The van der Waals surface area contributed by atoms with Gasteiger partial charge < -0.3 is 10.4 Å². The third kappa shape index (κ3) is 3.43. The molecule has 2 aliphatic rings. The van der Waals surface area contributed by atoms with Crippen molar-refractivity contribution in [3.8, 4) is 0 Å². The van der Waals surface area contributed by atoms with Crippen molar-refractivity contribution in [2.75, 3.05) is 0 Å². The SMILES string of the molecule is O=S(=O)(OC1CCCC1)OC1(NO)CCCC1NO. The fraction of sp³-hybridized carbons (Fsp3) is 1.00. The van der Waals surface area contributed by atoms with Crippen molar-refractivity contribution < 1.29 is 27.2 Å². The van der Waals surface area contributed by atoms with Crippen molar-refractivity contribution in [1.29, 1.82) is 0 Å². The lowest BCUT2D eigenvalue weighted by molar-refractivity contribution is -0.109. The zero-order valence-electron chi connectivity index (χ0n) is 10.5. The lowest BCUT2D eigenvalue weighted by Crippen LogP contribution is -2.57. The van der Waals surface area contributed by atoms with Crippen LogP contribution in [0.3, 0.4) is 0 Å². The van der Waals surface area contributed by atoms with Crippen molar-refractivity contribution >= 4 is 10.4 Å². The van der Waals surface area contributed by atoms with Gasteiger partial charge in [0.15, 0.2) is 5.72 Å². The zero-order valence-corrected chi connectivity index (χ0v) is 11.4. The second-order valence-electron chi connectivity index (χ2n) is 5.07. The van der Waals surface area contributed by atoms with Crippen LogP contribution in [0, 0.1) is 0 Å². The molecule has 4 N–H and O–H groups in total. The Morgan fingerprint density at radius 1 is 1.11 bits per heavy atom. The smallest absolute Gasteiger partial charge is 0.316 e. The Hall–Kier alpha value is -0.290. The van der Waals surface area contributed by atoms with E-state index in [1.807, 2.05) is 11.0 Å². The molecule has 19 heavy (non-hydrogen) atoms. The second kappa shape index (κ2) is 6.00. The average molecular weight is 296 g/mol. The van der Waals surface area contributed by atoms with E-state index in [0.29, 0.717) is 25.7 Å². The fourth-order valence-corrected chi connectivity index (χ4v) is 3.92. The molecule has 0 aliphatic heterocycles. The van der Waals surface area contributed by atoms with Gasteiger partial charge in [0.1, 0.15) is 0 Å². The molecule has 8 nitrogen and oxygen atoms in total. The molecule has 0 aromatic carbocycles. The van der Waals surface area contributed by atoms with Crippen molar-refractivity contribution in [3.63, 3.8) is 0 Å². The summed E-state index contributed by atoms with van der Waals surface area (Å²) in [6.07, 6.45) is 4.20. The molecule has 0 heterocycles. The van der Waals surface area contributed by atoms with Gasteiger partial charge in [-0.2, -0.15) is 19.4 Å². The third-order valence-electron chi connectivity index (χ3n) is 3.76. The predicted octanol–water partition coefficient (Wildman–Crippen LogP) is 0.413.